The molecule has 4 unspecified atom stereocenters. The minimum absolute atomic E-state index is 0.109. The lowest BCUT2D eigenvalue weighted by atomic mass is 9.59. The van der Waals surface area contributed by atoms with Crippen LogP contribution < -0.4 is 0 Å². The van der Waals surface area contributed by atoms with Gasteiger partial charge in [0.15, 0.2) is 5.78 Å². The van der Waals surface area contributed by atoms with E-state index in [0.717, 1.165) is 36.8 Å². The molecule has 4 heteroatoms. The van der Waals surface area contributed by atoms with Crippen molar-refractivity contribution in [2.24, 2.45) is 23.2 Å². The zero-order valence-electron chi connectivity index (χ0n) is 15.1. The maximum atomic E-state index is 12.4. The standard InChI is InChI=1S/C21H28O4/c1-13-3-6-16(23)9-14(13)4-5-15-10-17(24)11-21(2)18(15)7-8-19(21)20(25)12-22/h3,6,9,15,18-19,22-23H,4-5,7-8,10-12H2,1-2H3. The van der Waals surface area contributed by atoms with Crippen LogP contribution in [0.15, 0.2) is 18.2 Å². The van der Waals surface area contributed by atoms with E-state index in [0.29, 0.717) is 18.8 Å². The molecule has 1 aromatic carbocycles. The van der Waals surface area contributed by atoms with E-state index in [4.69, 9.17) is 0 Å². The van der Waals surface area contributed by atoms with Gasteiger partial charge in [0.25, 0.3) is 0 Å². The number of phenolic OH excluding ortho intramolecular Hbond substituents is 1. The van der Waals surface area contributed by atoms with Crippen molar-refractivity contribution in [1.29, 1.82) is 0 Å². The van der Waals surface area contributed by atoms with Crippen LogP contribution in [0.2, 0.25) is 0 Å². The first-order valence-electron chi connectivity index (χ1n) is 9.29. The van der Waals surface area contributed by atoms with Gasteiger partial charge in [-0.2, -0.15) is 0 Å². The van der Waals surface area contributed by atoms with Gasteiger partial charge in [0.2, 0.25) is 0 Å². The number of fused-ring (bicyclic) bond motifs is 1. The lowest BCUT2D eigenvalue weighted by molar-refractivity contribution is -0.135. The van der Waals surface area contributed by atoms with Crippen molar-refractivity contribution in [1.82, 2.24) is 0 Å². The average Bonchev–Trinajstić information content (AvgIpc) is 2.91. The van der Waals surface area contributed by atoms with E-state index in [1.54, 1.807) is 6.07 Å². The smallest absolute Gasteiger partial charge is 0.161 e. The van der Waals surface area contributed by atoms with Crippen LogP contribution in [-0.2, 0) is 16.0 Å². The third-order valence-corrected chi connectivity index (χ3v) is 6.71. The molecule has 1 aromatic rings. The first kappa shape index (κ1) is 18.1. The molecule has 0 spiro atoms. The Bertz CT molecular complexity index is 680. The molecule has 0 radical (unpaired) electrons. The Kier molecular flexibility index (Phi) is 5.01. The van der Waals surface area contributed by atoms with Crippen molar-refractivity contribution in [3.05, 3.63) is 29.3 Å². The molecule has 0 heterocycles. The van der Waals surface area contributed by atoms with Crippen molar-refractivity contribution < 1.29 is 19.8 Å². The van der Waals surface area contributed by atoms with Crippen LogP contribution in [0.3, 0.4) is 0 Å². The molecule has 4 atom stereocenters. The molecular formula is C21H28O4. The number of phenols is 1. The topological polar surface area (TPSA) is 74.6 Å². The lowest BCUT2D eigenvalue weighted by Gasteiger charge is -2.44. The molecule has 2 fully saturated rings. The fourth-order valence-corrected chi connectivity index (χ4v) is 5.43. The summed E-state index contributed by atoms with van der Waals surface area (Å²) >= 11 is 0. The molecule has 3 rings (SSSR count). The Balaban J connectivity index is 1.77. The first-order chi connectivity index (χ1) is 11.8. The van der Waals surface area contributed by atoms with Crippen LogP contribution in [0, 0.1) is 30.1 Å². The second-order valence-electron chi connectivity index (χ2n) is 8.20. The Morgan fingerprint density at radius 2 is 2.08 bits per heavy atom. The number of hydrogen-bond acceptors (Lipinski definition) is 4. The summed E-state index contributed by atoms with van der Waals surface area (Å²) in [5.41, 5.74) is 1.98. The van der Waals surface area contributed by atoms with E-state index in [2.05, 4.69) is 6.92 Å². The minimum Gasteiger partial charge on any atom is -0.508 e. The number of Topliss-reactive ketones (excluding diaryl/α,β-unsaturated/α-hetero) is 2. The monoisotopic (exact) mass is 344 g/mol. The number of carbonyl (C=O) groups excluding carboxylic acids is 2. The largest absolute Gasteiger partial charge is 0.508 e. The summed E-state index contributed by atoms with van der Waals surface area (Å²) in [6, 6.07) is 5.43. The summed E-state index contributed by atoms with van der Waals surface area (Å²) in [6.45, 7) is 3.69. The average molecular weight is 344 g/mol. The highest BCUT2D eigenvalue weighted by Crippen LogP contribution is 2.57. The molecule has 0 bridgehead atoms. The maximum absolute atomic E-state index is 12.4. The van der Waals surface area contributed by atoms with Gasteiger partial charge in [0, 0.05) is 18.8 Å². The van der Waals surface area contributed by atoms with Crippen LogP contribution in [-0.4, -0.2) is 28.4 Å². The number of carbonyl (C=O) groups is 2. The maximum Gasteiger partial charge on any atom is 0.161 e. The van der Waals surface area contributed by atoms with Gasteiger partial charge in [0.05, 0.1) is 0 Å². The van der Waals surface area contributed by atoms with Crippen LogP contribution in [0.5, 0.6) is 5.75 Å². The van der Waals surface area contributed by atoms with Gasteiger partial charge >= 0.3 is 0 Å². The van der Waals surface area contributed by atoms with E-state index in [1.807, 2.05) is 19.1 Å². The highest BCUT2D eigenvalue weighted by Gasteiger charge is 2.55. The Labute approximate surface area is 149 Å². The summed E-state index contributed by atoms with van der Waals surface area (Å²) in [5, 5.41) is 19.0. The third-order valence-electron chi connectivity index (χ3n) is 6.71. The van der Waals surface area contributed by atoms with E-state index in [-0.39, 0.29) is 34.6 Å². The predicted molar refractivity (Wildman–Crippen MR) is 95.3 cm³/mol. The molecule has 2 N–H and O–H groups in total. The zero-order valence-corrected chi connectivity index (χ0v) is 15.1. The molecular weight excluding hydrogens is 316 g/mol. The molecule has 0 aromatic heterocycles. The fraction of sp³-hybridized carbons (Fsp3) is 0.619. The number of hydrogen-bond donors (Lipinski definition) is 2. The van der Waals surface area contributed by atoms with Gasteiger partial charge in [-0.1, -0.05) is 13.0 Å². The first-order valence-corrected chi connectivity index (χ1v) is 9.29. The second-order valence-corrected chi connectivity index (χ2v) is 8.20. The summed E-state index contributed by atoms with van der Waals surface area (Å²) in [6.07, 6.45) is 4.55. The van der Waals surface area contributed by atoms with E-state index in [9.17, 15) is 19.8 Å². The number of aliphatic hydroxyl groups excluding tert-OH is 1. The Morgan fingerprint density at radius 3 is 2.80 bits per heavy atom. The second kappa shape index (κ2) is 6.91. The van der Waals surface area contributed by atoms with E-state index in [1.165, 1.54) is 0 Å². The van der Waals surface area contributed by atoms with E-state index < -0.39 is 6.61 Å². The normalized spacial score (nSPS) is 31.8. The molecule has 2 aliphatic carbocycles. The number of aromatic hydroxyl groups is 1. The molecule has 2 saturated carbocycles. The van der Waals surface area contributed by atoms with Gasteiger partial charge in [-0.25, -0.2) is 0 Å². The molecule has 25 heavy (non-hydrogen) atoms. The zero-order chi connectivity index (χ0) is 18.2. The SMILES string of the molecule is Cc1ccc(O)cc1CCC1CC(=O)CC2(C)C(C(=O)CO)CCC12. The van der Waals surface area contributed by atoms with Crippen molar-refractivity contribution in [2.75, 3.05) is 6.61 Å². The Hall–Kier alpha value is -1.68. The lowest BCUT2D eigenvalue weighted by Crippen LogP contribution is -2.43. The summed E-state index contributed by atoms with van der Waals surface area (Å²) < 4.78 is 0. The fourth-order valence-electron chi connectivity index (χ4n) is 5.43. The highest BCUT2D eigenvalue weighted by molar-refractivity contribution is 5.86. The Morgan fingerprint density at radius 1 is 1.32 bits per heavy atom. The number of aliphatic hydroxyl groups is 1. The van der Waals surface area contributed by atoms with Crippen molar-refractivity contribution in [3.8, 4) is 5.75 Å². The molecule has 4 nitrogen and oxygen atoms in total. The summed E-state index contributed by atoms with van der Waals surface area (Å²) in [7, 11) is 0. The highest BCUT2D eigenvalue weighted by atomic mass is 16.3. The molecule has 0 amide bonds. The van der Waals surface area contributed by atoms with Gasteiger partial charge < -0.3 is 10.2 Å². The molecule has 2 aliphatic rings. The van der Waals surface area contributed by atoms with Crippen LogP contribution in [0.25, 0.3) is 0 Å². The van der Waals surface area contributed by atoms with Crippen LogP contribution in [0.4, 0.5) is 0 Å². The van der Waals surface area contributed by atoms with E-state index >= 15 is 0 Å². The number of benzene rings is 1. The van der Waals surface area contributed by atoms with Crippen LogP contribution >= 0.6 is 0 Å². The number of ketones is 2. The van der Waals surface area contributed by atoms with Crippen LogP contribution in [0.1, 0.15) is 50.2 Å². The third kappa shape index (κ3) is 3.37. The van der Waals surface area contributed by atoms with Crippen molar-refractivity contribution in [2.45, 2.75) is 52.4 Å². The van der Waals surface area contributed by atoms with Gasteiger partial charge in [-0.3, -0.25) is 9.59 Å². The van der Waals surface area contributed by atoms with Crippen molar-refractivity contribution in [3.63, 3.8) is 0 Å². The van der Waals surface area contributed by atoms with Gasteiger partial charge in [0.1, 0.15) is 18.1 Å². The predicted octanol–water partition coefficient (Wildman–Crippen LogP) is 3.21. The summed E-state index contributed by atoms with van der Waals surface area (Å²) in [5.74, 6) is 0.875. The van der Waals surface area contributed by atoms with Gasteiger partial charge in [-0.05, 0) is 73.1 Å². The number of rotatable bonds is 5. The molecule has 0 saturated heterocycles. The quantitative estimate of drug-likeness (QED) is 0.860. The minimum atomic E-state index is -0.422. The molecule has 136 valence electrons. The molecule has 0 aliphatic heterocycles. The summed E-state index contributed by atoms with van der Waals surface area (Å²) in [4.78, 5) is 24.6. The van der Waals surface area contributed by atoms with Gasteiger partial charge in [-0.15, -0.1) is 0 Å². The number of aryl methyl sites for hydroxylation is 2. The van der Waals surface area contributed by atoms with Crippen molar-refractivity contribution >= 4 is 11.6 Å².